The molecule has 3 atom stereocenters. The van der Waals surface area contributed by atoms with Crippen LogP contribution in [0.1, 0.15) is 39.5 Å². The van der Waals surface area contributed by atoms with Gasteiger partial charge in [-0.15, -0.1) is 24.8 Å². The van der Waals surface area contributed by atoms with Gasteiger partial charge in [0.2, 0.25) is 0 Å². The Morgan fingerprint density at radius 3 is 1.94 bits per heavy atom. The van der Waals surface area contributed by atoms with Crippen LogP contribution in [0, 0.1) is 0 Å². The highest BCUT2D eigenvalue weighted by atomic mass is 35.5. The van der Waals surface area contributed by atoms with Crippen LogP contribution in [0.2, 0.25) is 0 Å². The summed E-state index contributed by atoms with van der Waals surface area (Å²) in [6, 6.07) is 4.41. The summed E-state index contributed by atoms with van der Waals surface area (Å²) in [6.45, 7) is 5.21. The van der Waals surface area contributed by atoms with Gasteiger partial charge in [0, 0.05) is 64.0 Å². The maximum atomic E-state index is 13.6. The number of nitrogens with zero attached hydrogens (tertiary/aromatic N) is 3. The molecule has 2 aromatic carbocycles. The molecule has 1 amide bonds. The van der Waals surface area contributed by atoms with Gasteiger partial charge in [0.15, 0.2) is 0 Å². The maximum absolute atomic E-state index is 13.6. The normalized spacial score (nSPS) is 21.6. The van der Waals surface area contributed by atoms with E-state index >= 15 is 0 Å². The first-order valence-electron chi connectivity index (χ1n) is 14.3. The summed E-state index contributed by atoms with van der Waals surface area (Å²) >= 11 is 0. The molecule has 2 aliphatic rings. The average Bonchev–Trinajstić information content (AvgIpc) is 2.96. The van der Waals surface area contributed by atoms with Crippen molar-refractivity contribution >= 4 is 30.7 Å². The van der Waals surface area contributed by atoms with Crippen molar-refractivity contribution in [1.82, 2.24) is 14.7 Å². The molecule has 2 aliphatic heterocycles. The smallest absolute Gasteiger partial charge is 0.382 e. The van der Waals surface area contributed by atoms with Crippen molar-refractivity contribution < 1.29 is 53.8 Å². The Hall–Kier alpha value is -2.30. The summed E-state index contributed by atoms with van der Waals surface area (Å²) in [4.78, 5) is 19.1. The Bertz CT molecular complexity index is 1280. The van der Waals surface area contributed by atoms with E-state index in [0.29, 0.717) is 57.1 Å². The number of piperazine rings is 1. The van der Waals surface area contributed by atoms with Crippen molar-refractivity contribution in [3.8, 4) is 0 Å². The Morgan fingerprint density at radius 2 is 1.40 bits per heavy atom. The van der Waals surface area contributed by atoms with Crippen molar-refractivity contribution in [2.24, 2.45) is 0 Å². The van der Waals surface area contributed by atoms with E-state index in [9.17, 15) is 44.3 Å². The van der Waals surface area contributed by atoms with Gasteiger partial charge in [-0.2, -0.15) is 39.5 Å². The third-order valence-electron chi connectivity index (χ3n) is 8.11. The number of alkyl halides is 9. The van der Waals surface area contributed by atoms with Gasteiger partial charge in [-0.05, 0) is 49.2 Å². The number of methoxy groups -OCH3 is 1. The van der Waals surface area contributed by atoms with Crippen LogP contribution >= 0.6 is 24.8 Å². The van der Waals surface area contributed by atoms with Crippen molar-refractivity contribution in [2.45, 2.75) is 50.1 Å². The van der Waals surface area contributed by atoms with Crippen LogP contribution in [0.25, 0.3) is 0 Å². The predicted molar refractivity (Wildman–Crippen MR) is 160 cm³/mol. The molecule has 0 aliphatic carbocycles. The molecule has 4 rings (SSSR count). The molecule has 0 bridgehead atoms. The molecule has 47 heavy (non-hydrogen) atoms. The van der Waals surface area contributed by atoms with Crippen molar-refractivity contribution in [3.63, 3.8) is 0 Å². The summed E-state index contributed by atoms with van der Waals surface area (Å²) in [5, 5.41) is 0. The zero-order valence-electron chi connectivity index (χ0n) is 25.4. The van der Waals surface area contributed by atoms with Crippen LogP contribution in [0.5, 0.6) is 0 Å². The molecule has 266 valence electrons. The average molecular weight is 729 g/mol. The van der Waals surface area contributed by atoms with Gasteiger partial charge in [0.05, 0.1) is 36.0 Å². The first-order chi connectivity index (χ1) is 21.0. The number of hydrogen-bond donors (Lipinski definition) is 0. The van der Waals surface area contributed by atoms with Gasteiger partial charge >= 0.3 is 18.5 Å². The number of halogens is 11. The van der Waals surface area contributed by atoms with Gasteiger partial charge in [-0.25, -0.2) is 0 Å². The van der Waals surface area contributed by atoms with Gasteiger partial charge in [0.25, 0.3) is 5.91 Å². The second-order valence-electron chi connectivity index (χ2n) is 11.4. The fraction of sp³-hybridized carbons (Fsp3) is 0.567. The van der Waals surface area contributed by atoms with Gasteiger partial charge < -0.3 is 14.4 Å². The summed E-state index contributed by atoms with van der Waals surface area (Å²) in [7, 11) is 1.58. The highest BCUT2D eigenvalue weighted by molar-refractivity contribution is 5.95. The minimum Gasteiger partial charge on any atom is -0.382 e. The van der Waals surface area contributed by atoms with Crippen molar-refractivity contribution in [1.29, 1.82) is 0 Å². The topological polar surface area (TPSA) is 45.2 Å². The number of amides is 1. The number of ether oxygens (including phenoxy) is 2. The van der Waals surface area contributed by atoms with Crippen molar-refractivity contribution in [3.05, 3.63) is 70.3 Å². The fourth-order valence-electron chi connectivity index (χ4n) is 5.65. The zero-order valence-corrected chi connectivity index (χ0v) is 27.1. The number of carbonyl (C=O) groups excluding carboxylic acids is 1. The molecule has 17 heteroatoms. The minimum atomic E-state index is -5.13. The third-order valence-corrected chi connectivity index (χ3v) is 8.11. The summed E-state index contributed by atoms with van der Waals surface area (Å²) in [5.74, 6) is -1.02. The van der Waals surface area contributed by atoms with Crippen LogP contribution in [-0.4, -0.2) is 98.4 Å². The van der Waals surface area contributed by atoms with Crippen LogP contribution in [0.15, 0.2) is 42.5 Å². The number of carbonyl (C=O) groups is 1. The highest BCUT2D eigenvalue weighted by Crippen LogP contribution is 2.37. The SMILES string of the molecule is COC[C@@H]1CN(CCN2CCN(C(=O)c3cc(C(F)(F)F)cc(C(F)(F)F)c3)[C@H](Cc3ccc(C(F)(F)F)cc3)C2)[C@@H](C)CO1.Cl.Cl. The van der Waals surface area contributed by atoms with E-state index in [1.54, 1.807) is 7.11 Å². The number of rotatable bonds is 8. The van der Waals surface area contributed by atoms with Gasteiger partial charge in [-0.1, -0.05) is 12.1 Å². The minimum absolute atomic E-state index is 0. The molecule has 0 saturated carbocycles. The van der Waals surface area contributed by atoms with E-state index in [2.05, 4.69) is 4.90 Å². The van der Waals surface area contributed by atoms with Gasteiger partial charge in [-0.3, -0.25) is 14.6 Å². The van der Waals surface area contributed by atoms with E-state index in [0.717, 1.165) is 12.1 Å². The molecule has 0 aromatic heterocycles. The monoisotopic (exact) mass is 727 g/mol. The van der Waals surface area contributed by atoms with Crippen molar-refractivity contribution in [2.75, 3.05) is 59.6 Å². The number of benzene rings is 2. The second-order valence-corrected chi connectivity index (χ2v) is 11.4. The molecule has 2 aromatic rings. The van der Waals surface area contributed by atoms with E-state index in [1.807, 2.05) is 11.8 Å². The lowest BCUT2D eigenvalue weighted by Gasteiger charge is -2.43. The lowest BCUT2D eigenvalue weighted by atomic mass is 9.98. The lowest BCUT2D eigenvalue weighted by Crippen LogP contribution is -2.58. The largest absolute Gasteiger partial charge is 0.416 e. The van der Waals surface area contributed by atoms with Gasteiger partial charge in [0.1, 0.15) is 0 Å². The van der Waals surface area contributed by atoms with E-state index in [4.69, 9.17) is 9.47 Å². The Balaban J connectivity index is 0.00000384. The van der Waals surface area contributed by atoms with Crippen LogP contribution in [0.3, 0.4) is 0 Å². The third kappa shape index (κ3) is 10.8. The molecule has 0 N–H and O–H groups in total. The first-order valence-corrected chi connectivity index (χ1v) is 14.3. The molecule has 0 unspecified atom stereocenters. The second kappa shape index (κ2) is 16.4. The molecular weight excluding hydrogens is 692 g/mol. The lowest BCUT2D eigenvalue weighted by molar-refractivity contribution is -0.143. The molecule has 2 saturated heterocycles. The van der Waals surface area contributed by atoms with E-state index in [1.165, 1.54) is 17.0 Å². The zero-order chi connectivity index (χ0) is 33.2. The number of hydrogen-bond acceptors (Lipinski definition) is 5. The number of morpholine rings is 1. The molecule has 0 spiro atoms. The summed E-state index contributed by atoms with van der Waals surface area (Å²) in [5.41, 5.74) is -4.43. The standard InChI is InChI=1S/C30H34F9N3O3.2ClH/c1-19-17-45-26(18-44-2)16-41(19)9-7-40-8-10-42(25(15-40)11-20-3-5-22(6-4-20)28(31,32)33)27(43)21-12-23(29(34,35)36)14-24(13-21)30(37,38)39;;/h3-6,12-14,19,25-26H,7-11,15-18H2,1-2H3;2*1H/t19-,25+,26-;;/m0../s1. The Morgan fingerprint density at radius 1 is 0.830 bits per heavy atom. The summed E-state index contributed by atoms with van der Waals surface area (Å²) < 4.78 is 131. The van der Waals surface area contributed by atoms with Crippen LogP contribution < -0.4 is 0 Å². The molecular formula is C30H36Cl2F9N3O3. The fourth-order valence-corrected chi connectivity index (χ4v) is 5.65. The van der Waals surface area contributed by atoms with E-state index in [-0.39, 0.29) is 62.5 Å². The highest BCUT2D eigenvalue weighted by Gasteiger charge is 2.39. The molecule has 6 nitrogen and oxygen atoms in total. The van der Waals surface area contributed by atoms with Crippen LogP contribution in [0.4, 0.5) is 39.5 Å². The Labute approximate surface area is 279 Å². The quantitative estimate of drug-likeness (QED) is 0.284. The maximum Gasteiger partial charge on any atom is 0.416 e. The Kier molecular flexibility index (Phi) is 14.3. The molecule has 2 heterocycles. The predicted octanol–water partition coefficient (Wildman–Crippen LogP) is 6.69. The summed E-state index contributed by atoms with van der Waals surface area (Å²) in [6.07, 6.45) is -14.9. The first kappa shape index (κ1) is 40.9. The molecule has 2 fully saturated rings. The molecule has 0 radical (unpaired) electrons. The van der Waals surface area contributed by atoms with Crippen LogP contribution in [-0.2, 0) is 34.4 Å². The van der Waals surface area contributed by atoms with E-state index < -0.39 is 52.7 Å².